The van der Waals surface area contributed by atoms with Gasteiger partial charge in [0.1, 0.15) is 11.6 Å². The van der Waals surface area contributed by atoms with Crippen molar-refractivity contribution in [3.8, 4) is 11.1 Å². The number of hydrogen-bond acceptors (Lipinski definition) is 3. The molecule has 76 valence electrons. The Morgan fingerprint density at radius 2 is 1.60 bits per heavy atom. The molecular formula is C11H10ClN3. The van der Waals surface area contributed by atoms with Crippen LogP contribution in [0.4, 0.5) is 11.6 Å². The Balaban J connectivity index is 2.59. The summed E-state index contributed by atoms with van der Waals surface area (Å²) in [5.41, 5.74) is 13.0. The number of nitrogen functional groups attached to an aromatic ring is 2. The van der Waals surface area contributed by atoms with Crippen LogP contribution in [0.1, 0.15) is 0 Å². The van der Waals surface area contributed by atoms with Crippen molar-refractivity contribution < 1.29 is 0 Å². The number of pyridine rings is 1. The Morgan fingerprint density at radius 3 is 2.20 bits per heavy atom. The molecule has 3 nitrogen and oxygen atoms in total. The maximum Gasteiger partial charge on any atom is 0.126 e. The molecule has 4 N–H and O–H groups in total. The van der Waals surface area contributed by atoms with E-state index in [2.05, 4.69) is 4.98 Å². The number of rotatable bonds is 1. The third-order valence-corrected chi connectivity index (χ3v) is 2.38. The molecule has 15 heavy (non-hydrogen) atoms. The molecule has 0 aliphatic rings. The maximum absolute atomic E-state index is 6.06. The molecule has 0 atom stereocenters. The van der Waals surface area contributed by atoms with E-state index < -0.39 is 0 Å². The van der Waals surface area contributed by atoms with Crippen LogP contribution in [0.25, 0.3) is 11.1 Å². The van der Waals surface area contributed by atoms with Crippen LogP contribution in [0.5, 0.6) is 0 Å². The van der Waals surface area contributed by atoms with Crippen molar-refractivity contribution >= 4 is 23.2 Å². The van der Waals surface area contributed by atoms with E-state index in [-0.39, 0.29) is 0 Å². The number of nitrogens with two attached hydrogens (primary N) is 2. The van der Waals surface area contributed by atoms with Crippen molar-refractivity contribution in [2.75, 3.05) is 11.5 Å². The topological polar surface area (TPSA) is 64.9 Å². The summed E-state index contributed by atoms with van der Waals surface area (Å²) in [7, 11) is 0. The Hall–Kier alpha value is -1.74. The Bertz CT molecular complexity index is 477. The second-order valence-corrected chi connectivity index (χ2v) is 3.59. The second kappa shape index (κ2) is 3.79. The molecule has 0 amide bonds. The smallest absolute Gasteiger partial charge is 0.126 e. The molecule has 0 aliphatic heterocycles. The summed E-state index contributed by atoms with van der Waals surface area (Å²) in [6.07, 6.45) is 0. The molecular weight excluding hydrogens is 210 g/mol. The van der Waals surface area contributed by atoms with E-state index in [1.54, 1.807) is 12.1 Å². The number of halogens is 1. The van der Waals surface area contributed by atoms with E-state index >= 15 is 0 Å². The minimum atomic E-state index is 0.393. The van der Waals surface area contributed by atoms with Crippen LogP contribution in [-0.4, -0.2) is 4.98 Å². The predicted molar refractivity (Wildman–Crippen MR) is 63.5 cm³/mol. The molecule has 0 spiro atoms. The first-order valence-electron chi connectivity index (χ1n) is 4.45. The van der Waals surface area contributed by atoms with Crippen molar-refractivity contribution in [1.82, 2.24) is 4.98 Å². The summed E-state index contributed by atoms with van der Waals surface area (Å²) in [5.74, 6) is 0.787. The molecule has 0 saturated carbocycles. The number of benzene rings is 1. The van der Waals surface area contributed by atoms with Gasteiger partial charge in [-0.3, -0.25) is 0 Å². The van der Waals surface area contributed by atoms with Crippen molar-refractivity contribution in [1.29, 1.82) is 0 Å². The lowest BCUT2D eigenvalue weighted by Crippen LogP contribution is -1.96. The lowest BCUT2D eigenvalue weighted by atomic mass is 10.1. The van der Waals surface area contributed by atoms with Crippen LogP contribution in [0.2, 0.25) is 5.02 Å². The van der Waals surface area contributed by atoms with Gasteiger partial charge in [-0.2, -0.15) is 0 Å². The monoisotopic (exact) mass is 219 g/mol. The SMILES string of the molecule is Nc1cc(-c2ccccc2Cl)cc(N)n1. The van der Waals surface area contributed by atoms with Gasteiger partial charge in [-0.1, -0.05) is 29.8 Å². The summed E-state index contributed by atoms with van der Waals surface area (Å²) >= 11 is 6.06. The summed E-state index contributed by atoms with van der Waals surface area (Å²) < 4.78 is 0. The molecule has 0 fully saturated rings. The standard InChI is InChI=1S/C11H10ClN3/c12-9-4-2-1-3-8(9)7-5-10(13)15-11(14)6-7/h1-6H,(H4,13,14,15). The molecule has 0 aliphatic carbocycles. The molecule has 0 radical (unpaired) electrons. The number of hydrogen-bond donors (Lipinski definition) is 2. The highest BCUT2D eigenvalue weighted by Gasteiger charge is 2.04. The normalized spacial score (nSPS) is 10.2. The zero-order valence-corrected chi connectivity index (χ0v) is 8.70. The largest absolute Gasteiger partial charge is 0.384 e. The van der Waals surface area contributed by atoms with E-state index in [0.717, 1.165) is 11.1 Å². The van der Waals surface area contributed by atoms with Gasteiger partial charge in [0.2, 0.25) is 0 Å². The van der Waals surface area contributed by atoms with E-state index in [9.17, 15) is 0 Å². The van der Waals surface area contributed by atoms with Crippen molar-refractivity contribution in [3.63, 3.8) is 0 Å². The van der Waals surface area contributed by atoms with Crippen LogP contribution >= 0.6 is 11.6 Å². The first-order chi connectivity index (χ1) is 7.16. The number of nitrogens with zero attached hydrogens (tertiary/aromatic N) is 1. The van der Waals surface area contributed by atoms with Crippen molar-refractivity contribution in [3.05, 3.63) is 41.4 Å². The quantitative estimate of drug-likeness (QED) is 0.775. The summed E-state index contributed by atoms with van der Waals surface area (Å²) in [4.78, 5) is 3.90. The third kappa shape index (κ3) is 2.02. The van der Waals surface area contributed by atoms with E-state index in [0.29, 0.717) is 16.7 Å². The van der Waals surface area contributed by atoms with Gasteiger partial charge in [0.15, 0.2) is 0 Å². The highest BCUT2D eigenvalue weighted by atomic mass is 35.5. The zero-order valence-electron chi connectivity index (χ0n) is 7.94. The first kappa shape index (κ1) is 9.80. The van der Waals surface area contributed by atoms with Gasteiger partial charge in [0.05, 0.1) is 0 Å². The lowest BCUT2D eigenvalue weighted by Gasteiger charge is -2.05. The zero-order chi connectivity index (χ0) is 10.8. The van der Waals surface area contributed by atoms with Gasteiger partial charge < -0.3 is 11.5 Å². The van der Waals surface area contributed by atoms with Crippen LogP contribution in [0.15, 0.2) is 36.4 Å². The van der Waals surface area contributed by atoms with Crippen LogP contribution in [-0.2, 0) is 0 Å². The average molecular weight is 220 g/mol. The van der Waals surface area contributed by atoms with Crippen LogP contribution in [0, 0.1) is 0 Å². The molecule has 0 unspecified atom stereocenters. The van der Waals surface area contributed by atoms with Gasteiger partial charge in [-0.15, -0.1) is 0 Å². The molecule has 2 rings (SSSR count). The fourth-order valence-corrected chi connectivity index (χ4v) is 1.67. The fraction of sp³-hybridized carbons (Fsp3) is 0. The molecule has 1 heterocycles. The number of anilines is 2. The van der Waals surface area contributed by atoms with Gasteiger partial charge in [0.25, 0.3) is 0 Å². The van der Waals surface area contributed by atoms with E-state index in [1.807, 2.05) is 24.3 Å². The van der Waals surface area contributed by atoms with Gasteiger partial charge >= 0.3 is 0 Å². The van der Waals surface area contributed by atoms with Crippen LogP contribution < -0.4 is 11.5 Å². The Kier molecular flexibility index (Phi) is 2.47. The average Bonchev–Trinajstić information content (AvgIpc) is 2.16. The molecule has 2 aromatic rings. The predicted octanol–water partition coefficient (Wildman–Crippen LogP) is 2.57. The van der Waals surface area contributed by atoms with Gasteiger partial charge in [-0.25, -0.2) is 4.98 Å². The fourth-order valence-electron chi connectivity index (χ4n) is 1.42. The molecule has 4 heteroatoms. The molecule has 0 bridgehead atoms. The Morgan fingerprint density at radius 1 is 1.00 bits per heavy atom. The highest BCUT2D eigenvalue weighted by Crippen LogP contribution is 2.29. The summed E-state index contributed by atoms with van der Waals surface area (Å²) in [5, 5.41) is 0.669. The lowest BCUT2D eigenvalue weighted by molar-refractivity contribution is 1.34. The summed E-state index contributed by atoms with van der Waals surface area (Å²) in [6.45, 7) is 0. The summed E-state index contributed by atoms with van der Waals surface area (Å²) in [6, 6.07) is 11.0. The highest BCUT2D eigenvalue weighted by molar-refractivity contribution is 6.33. The third-order valence-electron chi connectivity index (χ3n) is 2.05. The van der Waals surface area contributed by atoms with E-state index in [1.165, 1.54) is 0 Å². The molecule has 1 aromatic carbocycles. The second-order valence-electron chi connectivity index (χ2n) is 3.19. The molecule has 1 aromatic heterocycles. The molecule has 0 saturated heterocycles. The minimum Gasteiger partial charge on any atom is -0.384 e. The minimum absolute atomic E-state index is 0.393. The van der Waals surface area contributed by atoms with Crippen molar-refractivity contribution in [2.24, 2.45) is 0 Å². The van der Waals surface area contributed by atoms with Gasteiger partial charge in [-0.05, 0) is 23.8 Å². The first-order valence-corrected chi connectivity index (χ1v) is 4.82. The van der Waals surface area contributed by atoms with Crippen molar-refractivity contribution in [2.45, 2.75) is 0 Å². The Labute approximate surface area is 92.7 Å². The maximum atomic E-state index is 6.06. The number of aromatic nitrogens is 1. The van der Waals surface area contributed by atoms with E-state index in [4.69, 9.17) is 23.1 Å². The van der Waals surface area contributed by atoms with Crippen LogP contribution in [0.3, 0.4) is 0 Å². The van der Waals surface area contributed by atoms with Gasteiger partial charge in [0, 0.05) is 10.6 Å².